The van der Waals surface area contributed by atoms with E-state index in [9.17, 15) is 13.6 Å². The van der Waals surface area contributed by atoms with Gasteiger partial charge in [0, 0.05) is 35.4 Å². The molecule has 0 aliphatic heterocycles. The van der Waals surface area contributed by atoms with Gasteiger partial charge in [-0.15, -0.1) is 0 Å². The van der Waals surface area contributed by atoms with Crippen molar-refractivity contribution in [2.45, 2.75) is 13.8 Å². The van der Waals surface area contributed by atoms with Crippen molar-refractivity contribution in [2.75, 3.05) is 49.3 Å². The number of aromatic nitrogens is 2. The lowest BCUT2D eigenvalue weighted by Crippen LogP contribution is -2.27. The second-order valence-corrected chi connectivity index (χ2v) is 8.52. The number of urea groups is 1. The molecule has 0 bridgehead atoms. The number of fused-ring (bicyclic) bond motifs is 1. The average Bonchev–Trinajstić information content (AvgIpc) is 2.93. The molecule has 0 fully saturated rings. The van der Waals surface area contributed by atoms with Crippen molar-refractivity contribution in [1.82, 2.24) is 14.9 Å². The summed E-state index contributed by atoms with van der Waals surface area (Å²) >= 11 is 0. The summed E-state index contributed by atoms with van der Waals surface area (Å²) in [7, 11) is 1.59. The van der Waals surface area contributed by atoms with E-state index in [2.05, 4.69) is 44.7 Å². The molecular weight excluding hydrogens is 506 g/mol. The van der Waals surface area contributed by atoms with Crippen molar-refractivity contribution in [2.24, 2.45) is 0 Å². The molecule has 0 atom stereocenters. The van der Waals surface area contributed by atoms with Gasteiger partial charge in [-0.1, -0.05) is 13.8 Å². The van der Waals surface area contributed by atoms with E-state index in [1.54, 1.807) is 31.4 Å². The minimum absolute atomic E-state index is 0.129. The van der Waals surface area contributed by atoms with Crippen LogP contribution >= 0.6 is 0 Å². The van der Waals surface area contributed by atoms with Gasteiger partial charge in [-0.05, 0) is 55.6 Å². The predicted molar refractivity (Wildman–Crippen MR) is 148 cm³/mol. The van der Waals surface area contributed by atoms with Crippen LogP contribution in [0.3, 0.4) is 0 Å². The normalized spacial score (nSPS) is 10.9. The van der Waals surface area contributed by atoms with E-state index >= 15 is 0 Å². The first-order valence-electron chi connectivity index (χ1n) is 12.5. The molecule has 1 aromatic heterocycles. The SMILES string of the molecule is CCN(CC)CCOc1cc2c(Nc3ccc(NC(=O)Nc4ccc(F)cc4F)cc3)ncnc2cc1OC. The van der Waals surface area contributed by atoms with E-state index in [4.69, 9.17) is 9.47 Å². The number of nitrogens with zero attached hydrogens (tertiary/aromatic N) is 3. The Kier molecular flexibility index (Phi) is 9.06. The van der Waals surface area contributed by atoms with Crippen LogP contribution in [0.15, 0.2) is 60.9 Å². The van der Waals surface area contributed by atoms with E-state index < -0.39 is 17.7 Å². The smallest absolute Gasteiger partial charge is 0.323 e. The van der Waals surface area contributed by atoms with Gasteiger partial charge in [0.25, 0.3) is 0 Å². The molecule has 11 heteroatoms. The molecule has 204 valence electrons. The second kappa shape index (κ2) is 12.8. The van der Waals surface area contributed by atoms with E-state index in [0.717, 1.165) is 37.2 Å². The van der Waals surface area contributed by atoms with Crippen LogP contribution < -0.4 is 25.4 Å². The van der Waals surface area contributed by atoms with E-state index in [0.29, 0.717) is 46.9 Å². The lowest BCUT2D eigenvalue weighted by Gasteiger charge is -2.19. The highest BCUT2D eigenvalue weighted by Crippen LogP contribution is 2.35. The molecule has 0 aliphatic rings. The Labute approximate surface area is 225 Å². The summed E-state index contributed by atoms with van der Waals surface area (Å²) in [5, 5.41) is 8.98. The molecule has 1 heterocycles. The van der Waals surface area contributed by atoms with Crippen LogP contribution in [0.1, 0.15) is 13.8 Å². The first-order valence-corrected chi connectivity index (χ1v) is 12.5. The predicted octanol–water partition coefficient (Wildman–Crippen LogP) is 6.02. The molecule has 3 N–H and O–H groups in total. The van der Waals surface area contributed by atoms with Crippen LogP contribution in [0.25, 0.3) is 10.9 Å². The van der Waals surface area contributed by atoms with Gasteiger partial charge in [0.15, 0.2) is 11.5 Å². The van der Waals surface area contributed by atoms with Crippen LogP contribution in [0, 0.1) is 11.6 Å². The molecule has 0 aliphatic carbocycles. The van der Waals surface area contributed by atoms with Gasteiger partial charge in [0.2, 0.25) is 0 Å². The number of halogens is 2. The third-order valence-electron chi connectivity index (χ3n) is 6.07. The van der Waals surface area contributed by atoms with E-state index in [1.807, 2.05) is 12.1 Å². The number of carbonyl (C=O) groups excluding carboxylic acids is 1. The first kappa shape index (κ1) is 27.5. The third kappa shape index (κ3) is 7.08. The molecule has 4 aromatic rings. The van der Waals surface area contributed by atoms with Gasteiger partial charge in [-0.2, -0.15) is 0 Å². The molecule has 0 spiro atoms. The Morgan fingerprint density at radius 2 is 1.67 bits per heavy atom. The maximum atomic E-state index is 13.8. The summed E-state index contributed by atoms with van der Waals surface area (Å²) in [6.45, 7) is 7.42. The van der Waals surface area contributed by atoms with Gasteiger partial charge in [-0.3, -0.25) is 0 Å². The number of likely N-dealkylation sites (N-methyl/N-ethyl adjacent to an activating group) is 1. The fourth-order valence-corrected chi connectivity index (χ4v) is 3.91. The first-order chi connectivity index (χ1) is 18.9. The van der Waals surface area contributed by atoms with Gasteiger partial charge >= 0.3 is 6.03 Å². The summed E-state index contributed by atoms with van der Waals surface area (Å²) in [6, 6.07) is 12.8. The highest BCUT2D eigenvalue weighted by Gasteiger charge is 2.13. The molecule has 3 aromatic carbocycles. The summed E-state index contributed by atoms with van der Waals surface area (Å²) in [5.41, 5.74) is 1.74. The Hall–Kier alpha value is -4.51. The number of rotatable bonds is 11. The number of amides is 2. The van der Waals surface area contributed by atoms with E-state index in [-0.39, 0.29) is 5.69 Å². The zero-order valence-electron chi connectivity index (χ0n) is 21.9. The van der Waals surface area contributed by atoms with Crippen LogP contribution in [0.2, 0.25) is 0 Å². The molecule has 0 saturated carbocycles. The number of benzene rings is 3. The van der Waals surface area contributed by atoms with Crippen molar-refractivity contribution >= 4 is 39.8 Å². The summed E-state index contributed by atoms with van der Waals surface area (Å²) in [6.07, 6.45) is 1.46. The number of carbonyl (C=O) groups is 1. The maximum absolute atomic E-state index is 13.8. The minimum atomic E-state index is -0.864. The quantitative estimate of drug-likeness (QED) is 0.215. The highest BCUT2D eigenvalue weighted by atomic mass is 19.1. The van der Waals surface area contributed by atoms with Crippen molar-refractivity contribution in [3.05, 3.63) is 72.6 Å². The number of hydrogen-bond acceptors (Lipinski definition) is 7. The number of methoxy groups -OCH3 is 1. The van der Waals surface area contributed by atoms with Crippen molar-refractivity contribution in [3.63, 3.8) is 0 Å². The Bertz CT molecular complexity index is 1430. The second-order valence-electron chi connectivity index (χ2n) is 8.52. The standard InChI is InChI=1S/C28H30F2N6O3/c1-4-36(5-2)12-13-39-26-15-21-24(16-25(26)38-3)31-17-32-27(21)33-19-7-9-20(10-8-19)34-28(37)35-23-11-6-18(29)14-22(23)30/h6-11,14-17H,4-5,12-13H2,1-3H3,(H,31,32,33)(H2,34,35,37). The number of anilines is 4. The zero-order valence-corrected chi connectivity index (χ0v) is 21.9. The summed E-state index contributed by atoms with van der Waals surface area (Å²) in [4.78, 5) is 23.3. The molecule has 2 amide bonds. The van der Waals surface area contributed by atoms with Crippen LogP contribution in [-0.4, -0.2) is 54.2 Å². The molecule has 0 unspecified atom stereocenters. The zero-order chi connectivity index (χ0) is 27.8. The fraction of sp³-hybridized carbons (Fsp3) is 0.250. The number of ether oxygens (including phenoxy) is 2. The number of nitrogens with one attached hydrogen (secondary N) is 3. The van der Waals surface area contributed by atoms with E-state index in [1.165, 1.54) is 6.33 Å². The topological polar surface area (TPSA) is 101 Å². The van der Waals surface area contributed by atoms with Crippen molar-refractivity contribution in [1.29, 1.82) is 0 Å². The maximum Gasteiger partial charge on any atom is 0.323 e. The van der Waals surface area contributed by atoms with Gasteiger partial charge in [0.1, 0.15) is 30.4 Å². The third-order valence-corrected chi connectivity index (χ3v) is 6.07. The lowest BCUT2D eigenvalue weighted by molar-refractivity contribution is 0.217. The lowest BCUT2D eigenvalue weighted by atomic mass is 10.2. The molecule has 39 heavy (non-hydrogen) atoms. The molecule has 4 rings (SSSR count). The minimum Gasteiger partial charge on any atom is -0.493 e. The van der Waals surface area contributed by atoms with Crippen LogP contribution in [0.4, 0.5) is 36.5 Å². The Morgan fingerprint density at radius 1 is 0.923 bits per heavy atom. The van der Waals surface area contributed by atoms with Gasteiger partial charge < -0.3 is 30.3 Å². The monoisotopic (exact) mass is 536 g/mol. The van der Waals surface area contributed by atoms with Crippen LogP contribution in [-0.2, 0) is 0 Å². The Balaban J connectivity index is 1.45. The largest absolute Gasteiger partial charge is 0.493 e. The number of hydrogen-bond donors (Lipinski definition) is 3. The van der Waals surface area contributed by atoms with Crippen molar-refractivity contribution in [3.8, 4) is 11.5 Å². The molecule has 0 radical (unpaired) electrons. The summed E-state index contributed by atoms with van der Waals surface area (Å²) in [5.74, 6) is 0.161. The van der Waals surface area contributed by atoms with Gasteiger partial charge in [-0.25, -0.2) is 23.5 Å². The summed E-state index contributed by atoms with van der Waals surface area (Å²) < 4.78 is 38.4. The van der Waals surface area contributed by atoms with Crippen LogP contribution in [0.5, 0.6) is 11.5 Å². The fourth-order valence-electron chi connectivity index (χ4n) is 3.91. The van der Waals surface area contributed by atoms with Gasteiger partial charge in [0.05, 0.1) is 18.3 Å². The highest BCUT2D eigenvalue weighted by molar-refractivity contribution is 6.00. The Morgan fingerprint density at radius 3 is 2.36 bits per heavy atom. The molecular formula is C28H30F2N6O3. The molecule has 0 saturated heterocycles. The molecule has 9 nitrogen and oxygen atoms in total. The van der Waals surface area contributed by atoms with Crippen molar-refractivity contribution < 1.29 is 23.0 Å². The average molecular weight is 537 g/mol.